The molecule has 6 nitrogen and oxygen atoms in total. The van der Waals surface area contributed by atoms with E-state index in [1.54, 1.807) is 0 Å². The summed E-state index contributed by atoms with van der Waals surface area (Å²) < 4.78 is 7.68. The number of aromatic nitrogens is 2. The van der Waals surface area contributed by atoms with E-state index < -0.39 is 0 Å². The Balaban J connectivity index is 1.72. The summed E-state index contributed by atoms with van der Waals surface area (Å²) in [6.45, 7) is 7.45. The van der Waals surface area contributed by atoms with E-state index in [1.165, 1.54) is 5.56 Å². The van der Waals surface area contributed by atoms with Crippen LogP contribution in [0.4, 0.5) is 0 Å². The van der Waals surface area contributed by atoms with Crippen molar-refractivity contribution in [1.29, 1.82) is 0 Å². The van der Waals surface area contributed by atoms with E-state index in [1.807, 2.05) is 45.4 Å². The van der Waals surface area contributed by atoms with Gasteiger partial charge in [0.25, 0.3) is 0 Å². The van der Waals surface area contributed by atoms with Crippen molar-refractivity contribution in [2.75, 3.05) is 27.2 Å². The largest absolute Gasteiger partial charge is 0.494 e. The van der Waals surface area contributed by atoms with Crippen molar-refractivity contribution in [1.82, 2.24) is 19.8 Å². The smallest absolute Gasteiger partial charge is 0.193 e. The molecule has 0 unspecified atom stereocenters. The Morgan fingerprint density at radius 1 is 1.27 bits per heavy atom. The zero-order valence-corrected chi connectivity index (χ0v) is 16.4. The van der Waals surface area contributed by atoms with Gasteiger partial charge in [-0.3, -0.25) is 4.99 Å². The Bertz CT molecular complexity index is 678. The second-order valence-corrected chi connectivity index (χ2v) is 6.28. The quantitative estimate of drug-likeness (QED) is 0.426. The van der Waals surface area contributed by atoms with Gasteiger partial charge in [0.15, 0.2) is 5.96 Å². The average Bonchev–Trinajstić information content (AvgIpc) is 3.05. The molecule has 0 aliphatic carbocycles. The predicted molar refractivity (Wildman–Crippen MR) is 107 cm³/mol. The van der Waals surface area contributed by atoms with Crippen molar-refractivity contribution < 1.29 is 4.74 Å². The van der Waals surface area contributed by atoms with Crippen LogP contribution >= 0.6 is 0 Å². The Hall–Kier alpha value is -2.50. The van der Waals surface area contributed by atoms with E-state index in [0.717, 1.165) is 50.0 Å². The summed E-state index contributed by atoms with van der Waals surface area (Å²) in [5.41, 5.74) is 1.23. The molecule has 0 radical (unpaired) electrons. The second kappa shape index (κ2) is 10.5. The number of benzene rings is 1. The number of guanidine groups is 1. The first-order valence-corrected chi connectivity index (χ1v) is 9.25. The highest BCUT2D eigenvalue weighted by Gasteiger charge is 2.06. The van der Waals surface area contributed by atoms with Crippen LogP contribution in [0.15, 0.2) is 41.7 Å². The van der Waals surface area contributed by atoms with Crippen LogP contribution in [-0.4, -0.2) is 47.7 Å². The number of imidazole rings is 1. The number of ether oxygens (including phenoxy) is 1. The normalized spacial score (nSPS) is 11.5. The lowest BCUT2D eigenvalue weighted by molar-refractivity contribution is 0.340. The minimum atomic E-state index is 0.691. The van der Waals surface area contributed by atoms with Crippen LogP contribution in [0.1, 0.15) is 31.2 Å². The van der Waals surface area contributed by atoms with Gasteiger partial charge in [-0.05, 0) is 44.4 Å². The van der Waals surface area contributed by atoms with Crippen molar-refractivity contribution in [2.24, 2.45) is 4.99 Å². The van der Waals surface area contributed by atoms with Gasteiger partial charge in [-0.25, -0.2) is 4.98 Å². The zero-order chi connectivity index (χ0) is 18.8. The number of aryl methyl sites for hydroxylation is 2. The van der Waals surface area contributed by atoms with Gasteiger partial charge in [0.1, 0.15) is 11.6 Å². The second-order valence-electron chi connectivity index (χ2n) is 6.28. The van der Waals surface area contributed by atoms with Crippen LogP contribution in [0.5, 0.6) is 5.75 Å². The molecular weight excluding hydrogens is 326 g/mol. The maximum atomic E-state index is 5.49. The third-order valence-electron chi connectivity index (χ3n) is 4.26. The van der Waals surface area contributed by atoms with Crippen molar-refractivity contribution in [3.63, 3.8) is 0 Å². The van der Waals surface area contributed by atoms with Gasteiger partial charge in [0.05, 0.1) is 6.61 Å². The Kier molecular flexibility index (Phi) is 7.99. The van der Waals surface area contributed by atoms with E-state index >= 15 is 0 Å². The van der Waals surface area contributed by atoms with Gasteiger partial charge in [-0.2, -0.15) is 0 Å². The first kappa shape index (κ1) is 19.8. The number of rotatable bonds is 9. The molecule has 0 saturated heterocycles. The van der Waals surface area contributed by atoms with Crippen molar-refractivity contribution in [3.05, 3.63) is 48.0 Å². The Morgan fingerprint density at radius 2 is 2.04 bits per heavy atom. The summed E-state index contributed by atoms with van der Waals surface area (Å²) >= 11 is 0. The summed E-state index contributed by atoms with van der Waals surface area (Å²) in [6.07, 6.45) is 6.09. The molecule has 2 aromatic rings. The first-order chi connectivity index (χ1) is 12.6. The lowest BCUT2D eigenvalue weighted by atomic mass is 10.2. The number of nitrogens with zero attached hydrogens (tertiary/aromatic N) is 4. The topological polar surface area (TPSA) is 54.7 Å². The molecule has 0 fully saturated rings. The lowest BCUT2D eigenvalue weighted by Crippen LogP contribution is -2.38. The fourth-order valence-corrected chi connectivity index (χ4v) is 2.84. The third kappa shape index (κ3) is 6.10. The summed E-state index contributed by atoms with van der Waals surface area (Å²) in [5, 5.41) is 3.44. The number of hydrogen-bond donors (Lipinski definition) is 1. The van der Waals surface area contributed by atoms with Crippen molar-refractivity contribution >= 4 is 5.96 Å². The van der Waals surface area contributed by atoms with Crippen LogP contribution in [-0.2, 0) is 13.1 Å². The van der Waals surface area contributed by atoms with Crippen LogP contribution in [0.3, 0.4) is 0 Å². The minimum Gasteiger partial charge on any atom is -0.494 e. The molecule has 26 heavy (non-hydrogen) atoms. The van der Waals surface area contributed by atoms with Crippen molar-refractivity contribution in [3.8, 4) is 5.75 Å². The van der Waals surface area contributed by atoms with Gasteiger partial charge < -0.3 is 19.5 Å². The summed E-state index contributed by atoms with van der Waals surface area (Å²) in [6, 6.07) is 8.23. The molecule has 0 aliphatic heterocycles. The third-order valence-corrected chi connectivity index (χ3v) is 4.26. The monoisotopic (exact) mass is 357 g/mol. The molecule has 0 bridgehead atoms. The summed E-state index contributed by atoms with van der Waals surface area (Å²) in [7, 11) is 3.88. The standard InChI is InChI=1S/C20H31N5O/c1-5-26-19-10-8-18(9-11-19)16-24(4)20(21-3)23-12-6-7-14-25-15-13-22-17(25)2/h8-11,13,15H,5-7,12,14,16H2,1-4H3,(H,21,23). The molecule has 1 aromatic heterocycles. The molecule has 0 atom stereocenters. The molecule has 6 heteroatoms. The van der Waals surface area contributed by atoms with Gasteiger partial charge in [-0.1, -0.05) is 12.1 Å². The van der Waals surface area contributed by atoms with Crippen LogP contribution in [0.2, 0.25) is 0 Å². The fourth-order valence-electron chi connectivity index (χ4n) is 2.84. The van der Waals surface area contributed by atoms with Crippen molar-refractivity contribution in [2.45, 2.75) is 39.8 Å². The molecule has 142 valence electrons. The molecular formula is C20H31N5O. The minimum absolute atomic E-state index is 0.691. The van der Waals surface area contributed by atoms with E-state index in [4.69, 9.17) is 4.74 Å². The van der Waals surface area contributed by atoms with Gasteiger partial charge in [0, 0.05) is 46.1 Å². The molecule has 1 heterocycles. The van der Waals surface area contributed by atoms with E-state index in [9.17, 15) is 0 Å². The highest BCUT2D eigenvalue weighted by molar-refractivity contribution is 5.79. The molecule has 1 N–H and O–H groups in total. The number of aliphatic imine (C=N–C) groups is 1. The number of hydrogen-bond acceptors (Lipinski definition) is 3. The number of nitrogens with one attached hydrogen (secondary N) is 1. The van der Waals surface area contributed by atoms with Crippen LogP contribution < -0.4 is 10.1 Å². The fraction of sp³-hybridized carbons (Fsp3) is 0.500. The average molecular weight is 358 g/mol. The van der Waals surface area contributed by atoms with E-state index in [2.05, 4.69) is 43.9 Å². The lowest BCUT2D eigenvalue weighted by Gasteiger charge is -2.22. The molecule has 0 aliphatic rings. The predicted octanol–water partition coefficient (Wildman–Crippen LogP) is 3.08. The number of unbranched alkanes of at least 4 members (excludes halogenated alkanes) is 1. The highest BCUT2D eigenvalue weighted by atomic mass is 16.5. The SMILES string of the molecule is CCOc1ccc(CN(C)C(=NC)NCCCCn2ccnc2C)cc1. The van der Waals surface area contributed by atoms with E-state index in [0.29, 0.717) is 6.61 Å². The van der Waals surface area contributed by atoms with Gasteiger partial charge in [0.2, 0.25) is 0 Å². The Morgan fingerprint density at radius 3 is 2.65 bits per heavy atom. The van der Waals surface area contributed by atoms with Gasteiger partial charge >= 0.3 is 0 Å². The Labute approximate surface area is 156 Å². The van der Waals surface area contributed by atoms with Gasteiger partial charge in [-0.15, -0.1) is 0 Å². The maximum Gasteiger partial charge on any atom is 0.193 e. The molecule has 0 saturated carbocycles. The zero-order valence-electron chi connectivity index (χ0n) is 16.4. The van der Waals surface area contributed by atoms with E-state index in [-0.39, 0.29) is 0 Å². The van der Waals surface area contributed by atoms with Crippen LogP contribution in [0.25, 0.3) is 0 Å². The molecule has 0 spiro atoms. The highest BCUT2D eigenvalue weighted by Crippen LogP contribution is 2.13. The molecule has 0 amide bonds. The van der Waals surface area contributed by atoms with Crippen LogP contribution in [0, 0.1) is 6.92 Å². The summed E-state index contributed by atoms with van der Waals surface area (Å²) in [4.78, 5) is 10.8. The maximum absolute atomic E-state index is 5.49. The first-order valence-electron chi connectivity index (χ1n) is 9.25. The summed E-state index contributed by atoms with van der Waals surface area (Å²) in [5.74, 6) is 2.90. The molecule has 2 rings (SSSR count). The molecule has 1 aromatic carbocycles.